The van der Waals surface area contributed by atoms with Crippen molar-refractivity contribution in [3.05, 3.63) is 30.1 Å². The van der Waals surface area contributed by atoms with Crippen LogP contribution in [0, 0.1) is 5.82 Å². The fourth-order valence-corrected chi connectivity index (χ4v) is 1.07. The Labute approximate surface area is 99.4 Å². The smallest absolute Gasteiger partial charge is 0.254 e. The molecule has 1 atom stereocenters. The van der Waals surface area contributed by atoms with Crippen LogP contribution in [-0.4, -0.2) is 25.7 Å². The van der Waals surface area contributed by atoms with Gasteiger partial charge in [-0.05, 0) is 24.3 Å². The van der Waals surface area contributed by atoms with E-state index in [9.17, 15) is 9.18 Å². The number of carbonyl (C=O) groups excluding carboxylic acids is 1. The molecule has 0 saturated carbocycles. The molecule has 0 spiro atoms. The number of methoxy groups -OCH3 is 1. The number of hydrogen-bond acceptors (Lipinski definition) is 3. The number of hydrogen-bond donors (Lipinski definition) is 2. The number of ether oxygens (including phenoxy) is 1. The number of benzene rings is 1. The van der Waals surface area contributed by atoms with E-state index in [1.807, 2.05) is 0 Å². The van der Waals surface area contributed by atoms with Gasteiger partial charge in [-0.1, -0.05) is 0 Å². The molecule has 1 aromatic rings. The van der Waals surface area contributed by atoms with Gasteiger partial charge in [-0.2, -0.15) is 0 Å². The number of carbonyl (C=O) groups is 1. The van der Waals surface area contributed by atoms with Gasteiger partial charge >= 0.3 is 0 Å². The minimum atomic E-state index is -0.685. The van der Waals surface area contributed by atoms with Gasteiger partial charge in [-0.3, -0.25) is 4.79 Å². The Morgan fingerprint density at radius 2 is 2.06 bits per heavy atom. The van der Waals surface area contributed by atoms with Crippen LogP contribution >= 0.6 is 12.4 Å². The van der Waals surface area contributed by atoms with E-state index in [1.165, 1.54) is 31.4 Å². The first-order valence-electron chi connectivity index (χ1n) is 4.46. The van der Waals surface area contributed by atoms with E-state index in [0.29, 0.717) is 5.69 Å². The molecule has 0 bridgehead atoms. The summed E-state index contributed by atoms with van der Waals surface area (Å²) in [6, 6.07) is 5.46. The van der Waals surface area contributed by atoms with Crippen LogP contribution in [0.1, 0.15) is 0 Å². The Kier molecular flexibility index (Phi) is 6.64. The lowest BCUT2D eigenvalue weighted by atomic mass is 10.3. The van der Waals surface area contributed by atoms with Crippen LogP contribution < -0.4 is 11.1 Å². The van der Waals surface area contributed by atoms with Gasteiger partial charge in [0.2, 0.25) is 0 Å². The molecule has 0 heterocycles. The Bertz CT molecular complexity index is 328. The summed E-state index contributed by atoms with van der Waals surface area (Å²) in [6.45, 7) is 0.101. The highest BCUT2D eigenvalue weighted by molar-refractivity contribution is 5.94. The molecule has 0 aliphatic carbocycles. The van der Waals surface area contributed by atoms with Crippen molar-refractivity contribution in [2.24, 2.45) is 5.73 Å². The lowest BCUT2D eigenvalue weighted by Gasteiger charge is -2.12. The molecular formula is C10H14ClFN2O2. The Hall–Kier alpha value is -1.17. The zero-order valence-electron chi connectivity index (χ0n) is 8.77. The van der Waals surface area contributed by atoms with E-state index >= 15 is 0 Å². The van der Waals surface area contributed by atoms with Crippen LogP contribution in [0.25, 0.3) is 0 Å². The van der Waals surface area contributed by atoms with Crippen LogP contribution in [0.3, 0.4) is 0 Å². The standard InChI is InChI=1S/C10H13FN2O2.ClH/c1-15-9(6-12)10(14)13-8-4-2-7(11)3-5-8;/h2-5,9H,6,12H2,1H3,(H,13,14);1H. The molecule has 0 aromatic heterocycles. The summed E-state index contributed by atoms with van der Waals surface area (Å²) in [6.07, 6.45) is -0.685. The summed E-state index contributed by atoms with van der Waals surface area (Å²) in [4.78, 5) is 11.4. The number of nitrogens with one attached hydrogen (secondary N) is 1. The summed E-state index contributed by atoms with van der Waals surface area (Å²) in [7, 11) is 1.40. The van der Waals surface area contributed by atoms with Gasteiger partial charge in [0.1, 0.15) is 11.9 Å². The molecule has 16 heavy (non-hydrogen) atoms. The van der Waals surface area contributed by atoms with Gasteiger partial charge in [-0.25, -0.2) is 4.39 Å². The first-order valence-corrected chi connectivity index (χ1v) is 4.46. The van der Waals surface area contributed by atoms with E-state index < -0.39 is 6.10 Å². The van der Waals surface area contributed by atoms with Gasteiger partial charge in [0.25, 0.3) is 5.91 Å². The molecule has 0 aliphatic rings. The van der Waals surface area contributed by atoms with Crippen molar-refractivity contribution in [2.75, 3.05) is 19.0 Å². The molecule has 0 fully saturated rings. The van der Waals surface area contributed by atoms with Gasteiger partial charge in [0.15, 0.2) is 0 Å². The quantitative estimate of drug-likeness (QED) is 0.841. The lowest BCUT2D eigenvalue weighted by molar-refractivity contribution is -0.125. The predicted octanol–water partition coefficient (Wildman–Crippen LogP) is 1.16. The second-order valence-electron chi connectivity index (χ2n) is 2.96. The Morgan fingerprint density at radius 1 is 1.50 bits per heavy atom. The fraction of sp³-hybridized carbons (Fsp3) is 0.300. The maximum Gasteiger partial charge on any atom is 0.254 e. The van der Waals surface area contributed by atoms with Gasteiger partial charge < -0.3 is 15.8 Å². The highest BCUT2D eigenvalue weighted by Crippen LogP contribution is 2.08. The van der Waals surface area contributed by atoms with Crippen LogP contribution in [0.4, 0.5) is 10.1 Å². The molecule has 3 N–H and O–H groups in total. The molecule has 6 heteroatoms. The minimum Gasteiger partial charge on any atom is -0.370 e. The van der Waals surface area contributed by atoms with Crippen LogP contribution in [0.5, 0.6) is 0 Å². The maximum absolute atomic E-state index is 12.6. The summed E-state index contributed by atoms with van der Waals surface area (Å²) in [5.74, 6) is -0.693. The van der Waals surface area contributed by atoms with E-state index in [-0.39, 0.29) is 30.7 Å². The highest BCUT2D eigenvalue weighted by Gasteiger charge is 2.15. The highest BCUT2D eigenvalue weighted by atomic mass is 35.5. The average Bonchev–Trinajstić information content (AvgIpc) is 2.23. The van der Waals surface area contributed by atoms with Gasteiger partial charge in [0, 0.05) is 19.3 Å². The van der Waals surface area contributed by atoms with E-state index in [4.69, 9.17) is 10.5 Å². The summed E-state index contributed by atoms with van der Waals surface area (Å²) < 4.78 is 17.4. The second kappa shape index (κ2) is 7.16. The first kappa shape index (κ1) is 14.8. The molecule has 0 saturated heterocycles. The fourth-order valence-electron chi connectivity index (χ4n) is 1.07. The monoisotopic (exact) mass is 248 g/mol. The first-order chi connectivity index (χ1) is 7.17. The van der Waals surface area contributed by atoms with Crippen molar-refractivity contribution >= 4 is 24.0 Å². The maximum atomic E-state index is 12.6. The van der Waals surface area contributed by atoms with Crippen molar-refractivity contribution < 1.29 is 13.9 Å². The third-order valence-corrected chi connectivity index (χ3v) is 1.90. The molecular weight excluding hydrogens is 235 g/mol. The Morgan fingerprint density at radius 3 is 2.50 bits per heavy atom. The van der Waals surface area contributed by atoms with Crippen molar-refractivity contribution in [2.45, 2.75) is 6.10 Å². The SMILES string of the molecule is COC(CN)C(=O)Nc1ccc(F)cc1.Cl. The zero-order valence-corrected chi connectivity index (χ0v) is 9.59. The van der Waals surface area contributed by atoms with E-state index in [0.717, 1.165) is 0 Å². The van der Waals surface area contributed by atoms with Crippen LogP contribution in [-0.2, 0) is 9.53 Å². The van der Waals surface area contributed by atoms with Crippen LogP contribution in [0.15, 0.2) is 24.3 Å². The third-order valence-electron chi connectivity index (χ3n) is 1.90. The van der Waals surface area contributed by atoms with Crippen molar-refractivity contribution in [3.63, 3.8) is 0 Å². The average molecular weight is 249 g/mol. The summed E-state index contributed by atoms with van der Waals surface area (Å²) >= 11 is 0. The van der Waals surface area contributed by atoms with Crippen molar-refractivity contribution in [1.82, 2.24) is 0 Å². The zero-order chi connectivity index (χ0) is 11.3. The molecule has 4 nitrogen and oxygen atoms in total. The van der Waals surface area contributed by atoms with Crippen molar-refractivity contribution in [3.8, 4) is 0 Å². The molecule has 90 valence electrons. The van der Waals surface area contributed by atoms with E-state index in [1.54, 1.807) is 0 Å². The molecule has 0 aliphatic heterocycles. The normalized spacial score (nSPS) is 11.4. The minimum absolute atomic E-state index is 0. The largest absolute Gasteiger partial charge is 0.370 e. The topological polar surface area (TPSA) is 64.3 Å². The Balaban J connectivity index is 0.00000225. The van der Waals surface area contributed by atoms with Crippen LogP contribution in [0.2, 0.25) is 0 Å². The number of anilines is 1. The van der Waals surface area contributed by atoms with Gasteiger partial charge in [0.05, 0.1) is 0 Å². The number of halogens is 2. The van der Waals surface area contributed by atoms with Crippen molar-refractivity contribution in [1.29, 1.82) is 0 Å². The third kappa shape index (κ3) is 4.14. The summed E-state index contributed by atoms with van der Waals surface area (Å²) in [5, 5.41) is 2.56. The number of nitrogens with two attached hydrogens (primary N) is 1. The predicted molar refractivity (Wildman–Crippen MR) is 62.1 cm³/mol. The lowest BCUT2D eigenvalue weighted by Crippen LogP contribution is -2.35. The molecule has 1 amide bonds. The van der Waals surface area contributed by atoms with Gasteiger partial charge in [-0.15, -0.1) is 12.4 Å². The number of amides is 1. The second-order valence-corrected chi connectivity index (χ2v) is 2.96. The molecule has 1 unspecified atom stereocenters. The number of rotatable bonds is 4. The molecule has 1 aromatic carbocycles. The van der Waals surface area contributed by atoms with E-state index in [2.05, 4.69) is 5.32 Å². The molecule has 0 radical (unpaired) electrons. The molecule has 1 rings (SSSR count). The summed E-state index contributed by atoms with van der Waals surface area (Å²) in [5.41, 5.74) is 5.83.